The molecule has 0 saturated carbocycles. The molecule has 0 bridgehead atoms. The van der Waals surface area contributed by atoms with E-state index in [2.05, 4.69) is 53.3 Å². The molecule has 1 heterocycles. The van der Waals surface area contributed by atoms with E-state index in [9.17, 15) is 4.79 Å². The van der Waals surface area contributed by atoms with Crippen molar-refractivity contribution in [3.05, 3.63) is 51.5 Å². The van der Waals surface area contributed by atoms with Crippen LogP contribution in [0.1, 0.15) is 40.5 Å². The number of benzene rings is 1. The van der Waals surface area contributed by atoms with E-state index in [0.29, 0.717) is 25.2 Å². The Morgan fingerprint density at radius 2 is 1.77 bits per heavy atom. The Morgan fingerprint density at radius 3 is 2.35 bits per heavy atom. The summed E-state index contributed by atoms with van der Waals surface area (Å²) in [6, 6.07) is 8.39. The molecule has 2 rings (SSSR count). The summed E-state index contributed by atoms with van der Waals surface area (Å²) in [6.07, 6.45) is 0.714. The van der Waals surface area contributed by atoms with Gasteiger partial charge < -0.3 is 11.1 Å². The van der Waals surface area contributed by atoms with Gasteiger partial charge in [-0.05, 0) is 30.8 Å². The Morgan fingerprint density at radius 1 is 1.15 bits per heavy atom. The number of aromatic nitrogens is 1. The molecule has 0 fully saturated rings. The molecule has 2 aromatic rings. The number of hydrogen-bond acceptors (Lipinski definition) is 5. The SMILES string of the molecule is CCN(CC)Cc1ccc(CNC(=O)c2csc(CCN)n2)cc1.Cl.Cl. The zero-order chi connectivity index (χ0) is 17.4. The molecule has 26 heavy (non-hydrogen) atoms. The number of nitrogens with zero attached hydrogens (tertiary/aromatic N) is 2. The maximum Gasteiger partial charge on any atom is 0.271 e. The van der Waals surface area contributed by atoms with Crippen molar-refractivity contribution in [3.8, 4) is 0 Å². The van der Waals surface area contributed by atoms with Crippen LogP contribution in [0.4, 0.5) is 0 Å². The topological polar surface area (TPSA) is 71.2 Å². The molecule has 0 saturated heterocycles. The van der Waals surface area contributed by atoms with Crippen molar-refractivity contribution in [1.29, 1.82) is 0 Å². The lowest BCUT2D eigenvalue weighted by atomic mass is 10.1. The summed E-state index contributed by atoms with van der Waals surface area (Å²) in [5.41, 5.74) is 8.36. The lowest BCUT2D eigenvalue weighted by Crippen LogP contribution is -2.23. The number of halogens is 2. The van der Waals surface area contributed by atoms with E-state index in [1.54, 1.807) is 5.38 Å². The van der Waals surface area contributed by atoms with Crippen LogP contribution in [0, 0.1) is 0 Å². The Labute approximate surface area is 172 Å². The van der Waals surface area contributed by atoms with Gasteiger partial charge in [0, 0.05) is 24.9 Å². The number of carbonyl (C=O) groups is 1. The molecule has 0 aliphatic carbocycles. The normalized spacial score (nSPS) is 10.2. The van der Waals surface area contributed by atoms with Gasteiger partial charge in [-0.3, -0.25) is 9.69 Å². The first-order chi connectivity index (χ1) is 11.7. The number of nitrogens with two attached hydrogens (primary N) is 1. The zero-order valence-corrected chi connectivity index (χ0v) is 17.7. The number of carbonyl (C=O) groups excluding carboxylic acids is 1. The molecule has 1 amide bonds. The quantitative estimate of drug-likeness (QED) is 0.655. The Kier molecular flexibility index (Phi) is 12.5. The van der Waals surface area contributed by atoms with Gasteiger partial charge in [-0.1, -0.05) is 38.1 Å². The summed E-state index contributed by atoms with van der Waals surface area (Å²) in [7, 11) is 0. The van der Waals surface area contributed by atoms with Crippen LogP contribution in [0.25, 0.3) is 0 Å². The second kappa shape index (κ2) is 13.1. The smallest absolute Gasteiger partial charge is 0.271 e. The highest BCUT2D eigenvalue weighted by Crippen LogP contribution is 2.11. The molecule has 8 heteroatoms. The van der Waals surface area contributed by atoms with E-state index in [-0.39, 0.29) is 30.7 Å². The molecule has 5 nitrogen and oxygen atoms in total. The summed E-state index contributed by atoms with van der Waals surface area (Å²) in [6.45, 7) is 8.46. The maximum atomic E-state index is 12.1. The fraction of sp³-hybridized carbons (Fsp3) is 0.444. The van der Waals surface area contributed by atoms with Gasteiger partial charge in [0.05, 0.1) is 5.01 Å². The van der Waals surface area contributed by atoms with Crippen molar-refractivity contribution >= 4 is 42.1 Å². The molecule has 0 atom stereocenters. The molecule has 0 radical (unpaired) electrons. The fourth-order valence-corrected chi connectivity index (χ4v) is 3.19. The van der Waals surface area contributed by atoms with Gasteiger partial charge in [-0.15, -0.1) is 36.2 Å². The number of hydrogen-bond donors (Lipinski definition) is 2. The van der Waals surface area contributed by atoms with Crippen LogP contribution in [0.3, 0.4) is 0 Å². The summed E-state index contributed by atoms with van der Waals surface area (Å²) < 4.78 is 0. The van der Waals surface area contributed by atoms with Crippen molar-refractivity contribution in [1.82, 2.24) is 15.2 Å². The minimum Gasteiger partial charge on any atom is -0.347 e. The highest BCUT2D eigenvalue weighted by molar-refractivity contribution is 7.09. The molecule has 0 aliphatic heterocycles. The first-order valence-electron chi connectivity index (χ1n) is 8.39. The molecular formula is C18H28Cl2N4OS. The number of rotatable bonds is 9. The van der Waals surface area contributed by atoms with Crippen LogP contribution in [-0.2, 0) is 19.5 Å². The molecule has 0 aliphatic rings. The second-order valence-corrected chi connectivity index (χ2v) is 6.57. The standard InChI is InChI=1S/C18H26N4OS.2ClH/c1-3-22(4-2)12-15-7-5-14(6-8-15)11-20-18(23)16-13-24-17(21-16)9-10-19;;/h5-8,13H,3-4,9-12,19H2,1-2H3,(H,20,23);2*1H. The minimum atomic E-state index is -0.137. The predicted octanol–water partition coefficient (Wildman–Crippen LogP) is 3.26. The third-order valence-corrected chi connectivity index (χ3v) is 4.83. The van der Waals surface area contributed by atoms with E-state index in [4.69, 9.17) is 5.73 Å². The third-order valence-electron chi connectivity index (χ3n) is 3.92. The van der Waals surface area contributed by atoms with Crippen molar-refractivity contribution in [2.24, 2.45) is 5.73 Å². The average Bonchev–Trinajstić information content (AvgIpc) is 3.07. The molecule has 1 aromatic carbocycles. The van der Waals surface area contributed by atoms with E-state index >= 15 is 0 Å². The number of amides is 1. The first kappa shape index (κ1) is 24.8. The van der Waals surface area contributed by atoms with Crippen molar-refractivity contribution < 1.29 is 4.79 Å². The highest BCUT2D eigenvalue weighted by Gasteiger charge is 2.10. The lowest BCUT2D eigenvalue weighted by Gasteiger charge is -2.18. The van der Waals surface area contributed by atoms with Crippen LogP contribution in [0.15, 0.2) is 29.6 Å². The number of nitrogens with one attached hydrogen (secondary N) is 1. The van der Waals surface area contributed by atoms with Crippen molar-refractivity contribution in [2.75, 3.05) is 19.6 Å². The van der Waals surface area contributed by atoms with E-state index in [1.807, 2.05) is 0 Å². The van der Waals surface area contributed by atoms with Gasteiger partial charge >= 0.3 is 0 Å². The Balaban J connectivity index is 0.00000312. The van der Waals surface area contributed by atoms with E-state index in [1.165, 1.54) is 16.9 Å². The largest absolute Gasteiger partial charge is 0.347 e. The monoisotopic (exact) mass is 418 g/mol. The minimum absolute atomic E-state index is 0. The van der Waals surface area contributed by atoms with E-state index < -0.39 is 0 Å². The van der Waals surface area contributed by atoms with Crippen LogP contribution in [0.5, 0.6) is 0 Å². The van der Waals surface area contributed by atoms with E-state index in [0.717, 1.165) is 30.2 Å². The average molecular weight is 419 g/mol. The van der Waals surface area contributed by atoms with Gasteiger partial charge in [0.2, 0.25) is 0 Å². The van der Waals surface area contributed by atoms with Gasteiger partial charge in [0.25, 0.3) is 5.91 Å². The van der Waals surface area contributed by atoms with Gasteiger partial charge in [0.1, 0.15) is 5.69 Å². The lowest BCUT2D eigenvalue weighted by molar-refractivity contribution is 0.0946. The van der Waals surface area contributed by atoms with Crippen molar-refractivity contribution in [3.63, 3.8) is 0 Å². The van der Waals surface area contributed by atoms with Gasteiger partial charge in [0.15, 0.2) is 0 Å². The highest BCUT2D eigenvalue weighted by atomic mass is 35.5. The number of thiazole rings is 1. The second-order valence-electron chi connectivity index (χ2n) is 5.63. The van der Waals surface area contributed by atoms with Gasteiger partial charge in [-0.2, -0.15) is 0 Å². The van der Waals surface area contributed by atoms with Crippen LogP contribution in [-0.4, -0.2) is 35.4 Å². The molecule has 3 N–H and O–H groups in total. The third kappa shape index (κ3) is 7.60. The molecule has 0 spiro atoms. The predicted molar refractivity (Wildman–Crippen MR) is 114 cm³/mol. The zero-order valence-electron chi connectivity index (χ0n) is 15.2. The van der Waals surface area contributed by atoms with Crippen LogP contribution in [0.2, 0.25) is 0 Å². The fourth-order valence-electron chi connectivity index (χ4n) is 2.39. The maximum absolute atomic E-state index is 12.1. The molecule has 1 aromatic heterocycles. The molecule has 0 unspecified atom stereocenters. The summed E-state index contributed by atoms with van der Waals surface area (Å²) in [5, 5.41) is 5.61. The summed E-state index contributed by atoms with van der Waals surface area (Å²) >= 11 is 1.48. The summed E-state index contributed by atoms with van der Waals surface area (Å²) in [4.78, 5) is 18.8. The molecule has 146 valence electrons. The van der Waals surface area contributed by atoms with Crippen LogP contribution < -0.4 is 11.1 Å². The Bertz CT molecular complexity index is 645. The van der Waals surface area contributed by atoms with Crippen molar-refractivity contribution in [2.45, 2.75) is 33.4 Å². The first-order valence-corrected chi connectivity index (χ1v) is 9.27. The Hall–Kier alpha value is -1.18. The molecular weight excluding hydrogens is 391 g/mol. The van der Waals surface area contributed by atoms with Gasteiger partial charge in [-0.25, -0.2) is 4.98 Å². The van der Waals surface area contributed by atoms with Crippen LogP contribution >= 0.6 is 36.2 Å². The summed E-state index contributed by atoms with van der Waals surface area (Å²) in [5.74, 6) is -0.137.